The number of nitrogens with zero attached hydrogens (tertiary/aromatic N) is 4. The van der Waals surface area contributed by atoms with Crippen molar-refractivity contribution in [3.63, 3.8) is 0 Å². The fraction of sp³-hybridized carbons (Fsp3) is 0.600. The van der Waals surface area contributed by atoms with Crippen LogP contribution in [-0.2, 0) is 19.6 Å². The molecule has 0 saturated carbocycles. The Kier molecular flexibility index (Phi) is 5.95. The third-order valence-electron chi connectivity index (χ3n) is 3.44. The molecule has 0 bridgehead atoms. The molecule has 0 aliphatic heterocycles. The molecular formula is C15H25N5O. The van der Waals surface area contributed by atoms with Gasteiger partial charge in [-0.1, -0.05) is 12.1 Å². The van der Waals surface area contributed by atoms with E-state index in [0.717, 1.165) is 50.6 Å². The molecule has 0 radical (unpaired) electrons. The fourth-order valence-corrected chi connectivity index (χ4v) is 2.14. The molecule has 1 N–H and O–H groups in total. The smallest absolute Gasteiger partial charge is 0.105 e. The van der Waals surface area contributed by atoms with Gasteiger partial charge in [0, 0.05) is 31.4 Å². The molecule has 6 heteroatoms. The van der Waals surface area contributed by atoms with Gasteiger partial charge in [0.15, 0.2) is 0 Å². The van der Waals surface area contributed by atoms with Crippen molar-refractivity contribution in [2.24, 2.45) is 0 Å². The van der Waals surface area contributed by atoms with Gasteiger partial charge in [0.05, 0.1) is 18.5 Å². The lowest BCUT2D eigenvalue weighted by Crippen LogP contribution is -2.23. The van der Waals surface area contributed by atoms with Crippen LogP contribution in [0.15, 0.2) is 22.9 Å². The van der Waals surface area contributed by atoms with Gasteiger partial charge in [-0.2, -0.15) is 0 Å². The van der Waals surface area contributed by atoms with Crippen LogP contribution in [0.2, 0.25) is 0 Å². The van der Waals surface area contributed by atoms with Crippen molar-refractivity contribution in [3.05, 3.63) is 35.5 Å². The molecule has 0 spiro atoms. The Morgan fingerprint density at radius 1 is 1.43 bits per heavy atom. The first kappa shape index (κ1) is 15.7. The highest BCUT2D eigenvalue weighted by atomic mass is 16.3. The summed E-state index contributed by atoms with van der Waals surface area (Å²) in [7, 11) is 2.10. The Morgan fingerprint density at radius 3 is 3.00 bits per heavy atom. The summed E-state index contributed by atoms with van der Waals surface area (Å²) in [6.45, 7) is 8.61. The van der Waals surface area contributed by atoms with Crippen LogP contribution in [0.25, 0.3) is 0 Å². The molecule has 116 valence electrons. The summed E-state index contributed by atoms with van der Waals surface area (Å²) in [6, 6.07) is 2.03. The highest BCUT2D eigenvalue weighted by Crippen LogP contribution is 2.10. The van der Waals surface area contributed by atoms with Gasteiger partial charge in [-0.25, -0.2) is 0 Å². The summed E-state index contributed by atoms with van der Waals surface area (Å²) in [6.07, 6.45) is 4.89. The van der Waals surface area contributed by atoms with Gasteiger partial charge < -0.3 is 14.6 Å². The van der Waals surface area contributed by atoms with Crippen molar-refractivity contribution in [2.45, 2.75) is 39.9 Å². The summed E-state index contributed by atoms with van der Waals surface area (Å²) < 4.78 is 7.22. The topological polar surface area (TPSA) is 59.1 Å². The molecule has 0 aliphatic carbocycles. The second-order valence-corrected chi connectivity index (χ2v) is 5.39. The Labute approximate surface area is 126 Å². The summed E-state index contributed by atoms with van der Waals surface area (Å²) >= 11 is 0. The third kappa shape index (κ3) is 4.99. The quantitative estimate of drug-likeness (QED) is 0.714. The lowest BCUT2D eigenvalue weighted by atomic mass is 10.2. The average molecular weight is 291 g/mol. The lowest BCUT2D eigenvalue weighted by Gasteiger charge is -2.15. The number of nitrogens with one attached hydrogen (secondary N) is 1. The number of hydrogen-bond acceptors (Lipinski definition) is 5. The molecule has 2 aromatic rings. The summed E-state index contributed by atoms with van der Waals surface area (Å²) in [5.41, 5.74) is 2.23. The Bertz CT molecular complexity index is 534. The van der Waals surface area contributed by atoms with Gasteiger partial charge in [0.2, 0.25) is 0 Å². The van der Waals surface area contributed by atoms with Crippen LogP contribution in [0.4, 0.5) is 0 Å². The van der Waals surface area contributed by atoms with E-state index >= 15 is 0 Å². The molecule has 0 aliphatic rings. The van der Waals surface area contributed by atoms with E-state index < -0.39 is 0 Å². The predicted octanol–water partition coefficient (Wildman–Crippen LogP) is 1.81. The van der Waals surface area contributed by atoms with E-state index in [1.165, 1.54) is 5.56 Å². The van der Waals surface area contributed by atoms with Crippen LogP contribution in [0.5, 0.6) is 0 Å². The number of aryl methyl sites for hydroxylation is 1. The molecule has 2 rings (SSSR count). The highest BCUT2D eigenvalue weighted by Gasteiger charge is 2.06. The molecular weight excluding hydrogens is 266 g/mol. The van der Waals surface area contributed by atoms with E-state index in [-0.39, 0.29) is 0 Å². The zero-order valence-electron chi connectivity index (χ0n) is 13.2. The van der Waals surface area contributed by atoms with Crippen LogP contribution < -0.4 is 5.32 Å². The van der Waals surface area contributed by atoms with E-state index in [0.29, 0.717) is 0 Å². The van der Waals surface area contributed by atoms with Crippen molar-refractivity contribution in [1.82, 2.24) is 25.2 Å². The maximum Gasteiger partial charge on any atom is 0.105 e. The maximum absolute atomic E-state index is 5.32. The molecule has 0 saturated heterocycles. The number of furan rings is 1. The van der Waals surface area contributed by atoms with Gasteiger partial charge >= 0.3 is 0 Å². The van der Waals surface area contributed by atoms with Crippen LogP contribution in [0.3, 0.4) is 0 Å². The largest absolute Gasteiger partial charge is 0.469 e. The van der Waals surface area contributed by atoms with Crippen LogP contribution in [0.1, 0.15) is 30.4 Å². The summed E-state index contributed by atoms with van der Waals surface area (Å²) in [5, 5.41) is 11.7. The molecule has 0 aromatic carbocycles. The van der Waals surface area contributed by atoms with Crippen molar-refractivity contribution in [3.8, 4) is 0 Å². The molecule has 0 atom stereocenters. The van der Waals surface area contributed by atoms with E-state index in [1.807, 2.05) is 23.9 Å². The van der Waals surface area contributed by atoms with Crippen LogP contribution in [0, 0.1) is 6.92 Å². The predicted molar refractivity (Wildman–Crippen MR) is 81.8 cm³/mol. The fourth-order valence-electron chi connectivity index (χ4n) is 2.14. The van der Waals surface area contributed by atoms with E-state index in [9.17, 15) is 0 Å². The minimum absolute atomic E-state index is 0.790. The highest BCUT2D eigenvalue weighted by molar-refractivity contribution is 5.14. The van der Waals surface area contributed by atoms with E-state index in [4.69, 9.17) is 4.42 Å². The Hall–Kier alpha value is -1.66. The van der Waals surface area contributed by atoms with Crippen molar-refractivity contribution in [1.29, 1.82) is 0 Å². The van der Waals surface area contributed by atoms with E-state index in [2.05, 4.69) is 34.5 Å². The normalized spacial score (nSPS) is 11.4. The minimum atomic E-state index is 0.790. The van der Waals surface area contributed by atoms with Gasteiger partial charge in [-0.05, 0) is 33.0 Å². The second kappa shape index (κ2) is 7.95. The molecule has 21 heavy (non-hydrogen) atoms. The first-order chi connectivity index (χ1) is 10.2. The van der Waals surface area contributed by atoms with Crippen LogP contribution >= 0.6 is 0 Å². The number of hydrogen-bond donors (Lipinski definition) is 1. The zero-order chi connectivity index (χ0) is 15.1. The third-order valence-corrected chi connectivity index (χ3v) is 3.44. The minimum Gasteiger partial charge on any atom is -0.469 e. The molecule has 0 amide bonds. The molecule has 0 unspecified atom stereocenters. The average Bonchev–Trinajstić information content (AvgIpc) is 3.07. The van der Waals surface area contributed by atoms with Gasteiger partial charge in [0.1, 0.15) is 5.76 Å². The summed E-state index contributed by atoms with van der Waals surface area (Å²) in [4.78, 5) is 2.26. The Balaban J connectivity index is 1.73. The number of aromatic nitrogens is 3. The maximum atomic E-state index is 5.32. The first-order valence-corrected chi connectivity index (χ1v) is 7.50. The second-order valence-electron chi connectivity index (χ2n) is 5.39. The lowest BCUT2D eigenvalue weighted by molar-refractivity contribution is 0.301. The number of rotatable bonds is 9. The molecule has 2 heterocycles. The van der Waals surface area contributed by atoms with Crippen LogP contribution in [-0.4, -0.2) is 40.0 Å². The molecule has 0 fully saturated rings. The van der Waals surface area contributed by atoms with E-state index in [1.54, 1.807) is 6.26 Å². The van der Waals surface area contributed by atoms with Gasteiger partial charge in [0.25, 0.3) is 0 Å². The molecule has 2 aromatic heterocycles. The molecule has 6 nitrogen and oxygen atoms in total. The summed E-state index contributed by atoms with van der Waals surface area (Å²) in [5.74, 6) is 0.992. The zero-order valence-corrected chi connectivity index (χ0v) is 13.2. The van der Waals surface area contributed by atoms with Crippen molar-refractivity contribution in [2.75, 3.05) is 20.1 Å². The van der Waals surface area contributed by atoms with Gasteiger partial charge in [-0.3, -0.25) is 4.68 Å². The standard InChI is InChI=1S/C15H25N5O/c1-4-6-16-10-15-12-20(18-17-15)8-7-19(3)11-14-5-9-21-13(14)2/h5,9,12,16H,4,6-8,10-11H2,1-3H3. The van der Waals surface area contributed by atoms with Crippen molar-refractivity contribution < 1.29 is 4.42 Å². The monoisotopic (exact) mass is 291 g/mol. The first-order valence-electron chi connectivity index (χ1n) is 7.50. The SMILES string of the molecule is CCCNCc1cn(CCN(C)Cc2ccoc2C)nn1. The van der Waals surface area contributed by atoms with Gasteiger partial charge in [-0.15, -0.1) is 5.10 Å². The Morgan fingerprint density at radius 2 is 2.29 bits per heavy atom. The number of likely N-dealkylation sites (N-methyl/N-ethyl adjacent to an activating group) is 1. The van der Waals surface area contributed by atoms with Crippen molar-refractivity contribution >= 4 is 0 Å².